The first-order valence-corrected chi connectivity index (χ1v) is 9.31. The van der Waals surface area contributed by atoms with Gasteiger partial charge in [-0.3, -0.25) is 9.36 Å². The molecule has 3 N–H and O–H groups in total. The van der Waals surface area contributed by atoms with Crippen LogP contribution in [0.15, 0.2) is 23.0 Å². The van der Waals surface area contributed by atoms with Crippen molar-refractivity contribution in [3.05, 3.63) is 34.2 Å². The van der Waals surface area contributed by atoms with Gasteiger partial charge in [-0.05, 0) is 43.4 Å². The molecule has 138 valence electrons. The number of carbonyl (C=O) groups is 2. The van der Waals surface area contributed by atoms with Gasteiger partial charge in [0, 0.05) is 11.6 Å². The van der Waals surface area contributed by atoms with E-state index in [1.807, 2.05) is 0 Å². The van der Waals surface area contributed by atoms with E-state index in [-0.39, 0.29) is 11.7 Å². The smallest absolute Gasteiger partial charge is 0.326 e. The second-order valence-electron chi connectivity index (χ2n) is 7.51. The number of hydrogen-bond acceptors (Lipinski definition) is 3. The lowest BCUT2D eigenvalue weighted by molar-refractivity contribution is -0.139. The Labute approximate surface area is 150 Å². The van der Waals surface area contributed by atoms with E-state index in [1.54, 1.807) is 22.8 Å². The van der Waals surface area contributed by atoms with Crippen LogP contribution in [0.25, 0.3) is 11.0 Å². The zero-order chi connectivity index (χ0) is 18.3. The predicted molar refractivity (Wildman–Crippen MR) is 96.3 cm³/mol. The molecule has 2 saturated carbocycles. The van der Waals surface area contributed by atoms with Gasteiger partial charge in [0.1, 0.15) is 6.04 Å². The largest absolute Gasteiger partial charge is 0.480 e. The van der Waals surface area contributed by atoms with Crippen LogP contribution in [0, 0.1) is 5.92 Å². The van der Waals surface area contributed by atoms with E-state index in [9.17, 15) is 19.5 Å². The highest BCUT2D eigenvalue weighted by Gasteiger charge is 2.30. The van der Waals surface area contributed by atoms with Gasteiger partial charge in [-0.25, -0.2) is 9.59 Å². The van der Waals surface area contributed by atoms with Crippen LogP contribution in [0.1, 0.15) is 61.3 Å². The van der Waals surface area contributed by atoms with Crippen molar-refractivity contribution in [2.24, 2.45) is 5.92 Å². The van der Waals surface area contributed by atoms with Crippen LogP contribution in [0.2, 0.25) is 0 Å². The molecule has 26 heavy (non-hydrogen) atoms. The normalized spacial score (nSPS) is 18.9. The Kier molecular flexibility index (Phi) is 4.30. The molecule has 0 aliphatic heterocycles. The van der Waals surface area contributed by atoms with Gasteiger partial charge in [0.15, 0.2) is 0 Å². The zero-order valence-electron chi connectivity index (χ0n) is 14.5. The molecule has 2 aromatic rings. The minimum Gasteiger partial charge on any atom is -0.480 e. The number of carbonyl (C=O) groups excluding carboxylic acids is 1. The number of amides is 1. The van der Waals surface area contributed by atoms with Gasteiger partial charge in [0.25, 0.3) is 5.91 Å². The number of fused-ring (bicyclic) bond motifs is 1. The van der Waals surface area contributed by atoms with Crippen LogP contribution in [0.3, 0.4) is 0 Å². The van der Waals surface area contributed by atoms with Crippen molar-refractivity contribution in [1.29, 1.82) is 0 Å². The molecule has 2 fully saturated rings. The third kappa shape index (κ3) is 3.25. The monoisotopic (exact) mass is 357 g/mol. The summed E-state index contributed by atoms with van der Waals surface area (Å²) in [5.74, 6) is -1.03. The van der Waals surface area contributed by atoms with Crippen LogP contribution in [-0.4, -0.2) is 32.6 Å². The highest BCUT2D eigenvalue weighted by atomic mass is 16.4. The first-order valence-electron chi connectivity index (χ1n) is 9.31. The summed E-state index contributed by atoms with van der Waals surface area (Å²) < 4.78 is 1.79. The molecule has 1 heterocycles. The van der Waals surface area contributed by atoms with Gasteiger partial charge >= 0.3 is 11.7 Å². The van der Waals surface area contributed by atoms with Crippen molar-refractivity contribution in [3.8, 4) is 0 Å². The number of hydrogen-bond donors (Lipinski definition) is 3. The minimum atomic E-state index is -1.01. The minimum absolute atomic E-state index is 0.151. The van der Waals surface area contributed by atoms with Gasteiger partial charge in [-0.1, -0.05) is 25.7 Å². The molecule has 1 unspecified atom stereocenters. The number of imidazole rings is 1. The number of aromatic amines is 1. The van der Waals surface area contributed by atoms with E-state index in [0.29, 0.717) is 23.4 Å². The molecule has 0 radical (unpaired) electrons. The summed E-state index contributed by atoms with van der Waals surface area (Å²) >= 11 is 0. The van der Waals surface area contributed by atoms with Gasteiger partial charge < -0.3 is 15.4 Å². The molecule has 7 nitrogen and oxygen atoms in total. The van der Waals surface area contributed by atoms with Crippen molar-refractivity contribution in [2.45, 2.75) is 57.0 Å². The molecule has 0 spiro atoms. The topological polar surface area (TPSA) is 104 Å². The first-order chi connectivity index (χ1) is 12.5. The Hall–Kier alpha value is -2.57. The molecule has 2 aliphatic carbocycles. The lowest BCUT2D eigenvalue weighted by Gasteiger charge is -2.14. The number of benzene rings is 1. The van der Waals surface area contributed by atoms with E-state index in [4.69, 9.17) is 0 Å². The summed E-state index contributed by atoms with van der Waals surface area (Å²) in [5.41, 5.74) is 1.62. The second-order valence-corrected chi connectivity index (χ2v) is 7.51. The zero-order valence-corrected chi connectivity index (χ0v) is 14.5. The van der Waals surface area contributed by atoms with Crippen molar-refractivity contribution in [1.82, 2.24) is 14.9 Å². The number of carboxylic acids is 1. The SMILES string of the molecule is O=C(NC(CC1CC1)C(=O)O)c1ccc2c(c1)[nH]c(=O)n2C1CCCC1. The highest BCUT2D eigenvalue weighted by Crippen LogP contribution is 2.34. The van der Waals surface area contributed by atoms with Crippen LogP contribution >= 0.6 is 0 Å². The number of carboxylic acid groups (broad SMARTS) is 1. The third-order valence-corrected chi connectivity index (χ3v) is 5.54. The van der Waals surface area contributed by atoms with Gasteiger partial charge in [0.05, 0.1) is 11.0 Å². The Bertz CT molecular complexity index is 903. The Morgan fingerprint density at radius 2 is 1.96 bits per heavy atom. The van der Waals surface area contributed by atoms with E-state index in [0.717, 1.165) is 44.0 Å². The molecule has 0 bridgehead atoms. The molecule has 7 heteroatoms. The Morgan fingerprint density at radius 3 is 2.62 bits per heavy atom. The van der Waals surface area contributed by atoms with Gasteiger partial charge in [0.2, 0.25) is 0 Å². The molecule has 2 aliphatic rings. The number of nitrogens with zero attached hydrogens (tertiary/aromatic N) is 1. The second kappa shape index (κ2) is 6.63. The fourth-order valence-electron chi connectivity index (χ4n) is 3.95. The summed E-state index contributed by atoms with van der Waals surface area (Å²) in [7, 11) is 0. The van der Waals surface area contributed by atoms with Crippen molar-refractivity contribution >= 4 is 22.9 Å². The van der Waals surface area contributed by atoms with E-state index < -0.39 is 17.9 Å². The van der Waals surface area contributed by atoms with Gasteiger partial charge in [-0.2, -0.15) is 0 Å². The molecule has 1 aromatic heterocycles. The summed E-state index contributed by atoms with van der Waals surface area (Å²) in [6.45, 7) is 0. The van der Waals surface area contributed by atoms with Crippen molar-refractivity contribution in [2.75, 3.05) is 0 Å². The predicted octanol–water partition coefficient (Wildman–Crippen LogP) is 2.43. The molecule has 1 atom stereocenters. The number of H-pyrrole nitrogens is 1. The quantitative estimate of drug-likeness (QED) is 0.738. The van der Waals surface area contributed by atoms with E-state index >= 15 is 0 Å². The maximum absolute atomic E-state index is 12.5. The number of nitrogens with one attached hydrogen (secondary N) is 2. The lowest BCUT2D eigenvalue weighted by Crippen LogP contribution is -2.41. The molecule has 0 saturated heterocycles. The maximum atomic E-state index is 12.5. The van der Waals surface area contributed by atoms with Crippen LogP contribution in [-0.2, 0) is 4.79 Å². The van der Waals surface area contributed by atoms with Crippen LogP contribution in [0.4, 0.5) is 0 Å². The van der Waals surface area contributed by atoms with Crippen molar-refractivity contribution in [3.63, 3.8) is 0 Å². The fourth-order valence-corrected chi connectivity index (χ4v) is 3.95. The maximum Gasteiger partial charge on any atom is 0.326 e. The average Bonchev–Trinajstić information content (AvgIpc) is 3.14. The summed E-state index contributed by atoms with van der Waals surface area (Å²) in [4.78, 5) is 39.0. The summed E-state index contributed by atoms with van der Waals surface area (Å²) in [6, 6.07) is 4.41. The summed E-state index contributed by atoms with van der Waals surface area (Å²) in [6.07, 6.45) is 6.78. The Balaban J connectivity index is 1.57. The fraction of sp³-hybridized carbons (Fsp3) is 0.526. The molecule has 4 rings (SSSR count). The van der Waals surface area contributed by atoms with Crippen LogP contribution < -0.4 is 11.0 Å². The molecule has 1 aromatic carbocycles. The highest BCUT2D eigenvalue weighted by molar-refractivity contribution is 5.99. The van der Waals surface area contributed by atoms with Crippen LogP contribution in [0.5, 0.6) is 0 Å². The average molecular weight is 357 g/mol. The molecule has 1 amide bonds. The Morgan fingerprint density at radius 1 is 1.23 bits per heavy atom. The number of rotatable bonds is 6. The standard InChI is InChI=1S/C19H23N3O4/c23-17(20-15(18(24)25)9-11-5-6-11)12-7-8-16-14(10-12)21-19(26)22(16)13-3-1-2-4-13/h7-8,10-11,13,15H,1-6,9H2,(H,20,23)(H,21,26)(H,24,25). The van der Waals surface area contributed by atoms with Crippen molar-refractivity contribution < 1.29 is 14.7 Å². The molecular formula is C19H23N3O4. The van der Waals surface area contributed by atoms with E-state index in [2.05, 4.69) is 10.3 Å². The summed E-state index contributed by atoms with van der Waals surface area (Å²) in [5, 5.41) is 11.9. The third-order valence-electron chi connectivity index (χ3n) is 5.54. The van der Waals surface area contributed by atoms with Gasteiger partial charge in [-0.15, -0.1) is 0 Å². The molecular weight excluding hydrogens is 334 g/mol. The van der Waals surface area contributed by atoms with E-state index in [1.165, 1.54) is 0 Å². The first kappa shape index (κ1) is 16.9. The number of aromatic nitrogens is 2. The lowest BCUT2D eigenvalue weighted by atomic mass is 10.1. The number of aliphatic carboxylic acids is 1.